The van der Waals surface area contributed by atoms with E-state index >= 15 is 0 Å². The molecule has 0 saturated carbocycles. The van der Waals surface area contributed by atoms with E-state index in [9.17, 15) is 13.2 Å². The van der Waals surface area contributed by atoms with Crippen molar-refractivity contribution in [3.63, 3.8) is 0 Å². The monoisotopic (exact) mass is 370 g/mol. The summed E-state index contributed by atoms with van der Waals surface area (Å²) >= 11 is 0. The van der Waals surface area contributed by atoms with Crippen LogP contribution in [0.25, 0.3) is 11.1 Å². The summed E-state index contributed by atoms with van der Waals surface area (Å²) in [6.45, 7) is 3.80. The van der Waals surface area contributed by atoms with Crippen molar-refractivity contribution in [2.45, 2.75) is 26.1 Å². The summed E-state index contributed by atoms with van der Waals surface area (Å²) in [4.78, 5) is 0. The topological polar surface area (TPSA) is 27.7 Å². The first-order chi connectivity index (χ1) is 11.7. The molecule has 0 aromatic heterocycles. The zero-order valence-corrected chi connectivity index (χ0v) is 15.6. The average molecular weight is 370 g/mol. The molecule has 0 aliphatic rings. The highest BCUT2D eigenvalue weighted by atomic mass is 28.4. The molecule has 0 fully saturated rings. The van der Waals surface area contributed by atoms with E-state index in [2.05, 4.69) is 0 Å². The van der Waals surface area contributed by atoms with E-state index in [1.54, 1.807) is 14.2 Å². The maximum atomic E-state index is 12.7. The maximum Gasteiger partial charge on any atom is 0.536 e. The molecule has 0 unspecified atom stereocenters. The molecule has 25 heavy (non-hydrogen) atoms. The molecule has 0 aliphatic carbocycles. The van der Waals surface area contributed by atoms with Gasteiger partial charge in [0, 0.05) is 25.5 Å². The van der Waals surface area contributed by atoms with Gasteiger partial charge in [0.05, 0.1) is 5.56 Å². The second-order valence-electron chi connectivity index (χ2n) is 5.78. The molecule has 0 N–H and O–H groups in total. The van der Waals surface area contributed by atoms with Gasteiger partial charge in [-0.05, 0) is 37.1 Å². The summed E-state index contributed by atoms with van der Waals surface area (Å²) in [5.41, 5.74) is 0.840. The van der Waals surface area contributed by atoms with E-state index in [1.165, 1.54) is 12.1 Å². The van der Waals surface area contributed by atoms with Crippen molar-refractivity contribution in [2.75, 3.05) is 14.2 Å². The highest BCUT2D eigenvalue weighted by molar-refractivity contribution is 6.75. The molecule has 0 amide bonds. The van der Waals surface area contributed by atoms with Gasteiger partial charge in [-0.3, -0.25) is 0 Å². The minimum absolute atomic E-state index is 0.0684. The normalized spacial score (nSPS) is 12.6. The first-order valence-electron chi connectivity index (χ1n) is 7.78. The molecule has 2 aromatic rings. The van der Waals surface area contributed by atoms with Gasteiger partial charge in [-0.1, -0.05) is 36.4 Å². The summed E-state index contributed by atoms with van der Waals surface area (Å²) in [5, 5.41) is 0.793. The van der Waals surface area contributed by atoms with Crippen LogP contribution in [0.15, 0.2) is 48.5 Å². The molecule has 2 rings (SSSR count). The molecular weight excluding hydrogens is 349 g/mol. The summed E-state index contributed by atoms with van der Waals surface area (Å²) in [5.74, 6) is 0. The van der Waals surface area contributed by atoms with Crippen LogP contribution >= 0.6 is 0 Å². The Bertz CT molecular complexity index is 678. The van der Waals surface area contributed by atoms with E-state index in [4.69, 9.17) is 13.3 Å². The van der Waals surface area contributed by atoms with Crippen LogP contribution < -0.4 is 5.19 Å². The Balaban J connectivity index is 2.29. The molecule has 0 radical (unpaired) electrons. The fourth-order valence-electron chi connectivity index (χ4n) is 2.51. The molecule has 2 aromatic carbocycles. The SMILES string of the molecule is CO[Si](OC)(OC(C)C)c1ccc(-c2ccc(C(F)(F)F)cc2)cc1. The van der Waals surface area contributed by atoms with Gasteiger partial charge in [0.2, 0.25) is 0 Å². The summed E-state index contributed by atoms with van der Waals surface area (Å²) in [7, 11) is 0.0980. The van der Waals surface area contributed by atoms with Gasteiger partial charge in [0.1, 0.15) is 0 Å². The van der Waals surface area contributed by atoms with Crippen LogP contribution in [0.4, 0.5) is 13.2 Å². The molecule has 7 heteroatoms. The third-order valence-corrected chi connectivity index (χ3v) is 6.61. The lowest BCUT2D eigenvalue weighted by Crippen LogP contribution is -2.56. The van der Waals surface area contributed by atoms with Gasteiger partial charge in [0.25, 0.3) is 0 Å². The number of rotatable bonds is 6. The van der Waals surface area contributed by atoms with Crippen LogP contribution in [0.1, 0.15) is 19.4 Å². The Morgan fingerprint density at radius 1 is 0.800 bits per heavy atom. The molecule has 136 valence electrons. The number of hydrogen-bond acceptors (Lipinski definition) is 3. The van der Waals surface area contributed by atoms with Gasteiger partial charge in [-0.25, -0.2) is 0 Å². The Morgan fingerprint density at radius 3 is 1.60 bits per heavy atom. The van der Waals surface area contributed by atoms with Crippen LogP contribution in [0.3, 0.4) is 0 Å². The third kappa shape index (κ3) is 4.49. The van der Waals surface area contributed by atoms with Crippen LogP contribution in [0, 0.1) is 0 Å². The van der Waals surface area contributed by atoms with Crippen molar-refractivity contribution in [3.05, 3.63) is 54.1 Å². The van der Waals surface area contributed by atoms with Crippen LogP contribution in [-0.4, -0.2) is 29.1 Å². The van der Waals surface area contributed by atoms with Crippen molar-refractivity contribution in [1.29, 1.82) is 0 Å². The van der Waals surface area contributed by atoms with E-state index < -0.39 is 20.5 Å². The quantitative estimate of drug-likeness (QED) is 0.712. The van der Waals surface area contributed by atoms with Gasteiger partial charge >= 0.3 is 15.0 Å². The van der Waals surface area contributed by atoms with Crippen molar-refractivity contribution in [2.24, 2.45) is 0 Å². The van der Waals surface area contributed by atoms with Crippen molar-refractivity contribution < 1.29 is 26.4 Å². The predicted octanol–water partition coefficient (Wildman–Crippen LogP) is 4.24. The van der Waals surface area contributed by atoms with Crippen LogP contribution in [0.2, 0.25) is 0 Å². The maximum absolute atomic E-state index is 12.7. The minimum Gasteiger partial charge on any atom is -0.373 e. The molecular formula is C18H21F3O3Si. The fraction of sp³-hybridized carbons (Fsp3) is 0.333. The smallest absolute Gasteiger partial charge is 0.373 e. The standard InChI is InChI=1S/C18H21F3O3Si/c1-13(2)24-25(22-3,23-4)17-11-7-15(8-12-17)14-5-9-16(10-6-14)18(19,20)21/h5-13H,1-4H3. The molecule has 0 saturated heterocycles. The first kappa shape index (κ1) is 19.6. The first-order valence-corrected chi connectivity index (χ1v) is 9.50. The van der Waals surface area contributed by atoms with E-state index in [0.29, 0.717) is 5.56 Å². The second kappa shape index (κ2) is 7.70. The zero-order chi connectivity index (χ0) is 18.7. The number of halogens is 3. The second-order valence-corrected chi connectivity index (χ2v) is 8.53. The van der Waals surface area contributed by atoms with Crippen molar-refractivity contribution in [3.8, 4) is 11.1 Å². The van der Waals surface area contributed by atoms with Crippen LogP contribution in [-0.2, 0) is 19.5 Å². The number of benzene rings is 2. The van der Waals surface area contributed by atoms with Crippen molar-refractivity contribution >= 4 is 14.0 Å². The summed E-state index contributed by atoms with van der Waals surface area (Å²) in [6.07, 6.45) is -4.40. The van der Waals surface area contributed by atoms with Gasteiger partial charge in [-0.2, -0.15) is 13.2 Å². The Labute approximate surface area is 146 Å². The predicted molar refractivity (Wildman–Crippen MR) is 92.5 cm³/mol. The van der Waals surface area contributed by atoms with Crippen LogP contribution in [0.5, 0.6) is 0 Å². The van der Waals surface area contributed by atoms with Gasteiger partial charge in [0.15, 0.2) is 0 Å². The lowest BCUT2D eigenvalue weighted by molar-refractivity contribution is -0.137. The lowest BCUT2D eigenvalue weighted by atomic mass is 10.0. The zero-order valence-electron chi connectivity index (χ0n) is 14.6. The molecule has 0 heterocycles. The van der Waals surface area contributed by atoms with E-state index in [1.807, 2.05) is 38.1 Å². The van der Waals surface area contributed by atoms with E-state index in [0.717, 1.165) is 22.9 Å². The lowest BCUT2D eigenvalue weighted by Gasteiger charge is -2.28. The average Bonchev–Trinajstić information content (AvgIpc) is 2.59. The molecule has 0 bridgehead atoms. The minimum atomic E-state index is -4.33. The Morgan fingerprint density at radius 2 is 1.24 bits per heavy atom. The summed E-state index contributed by atoms with van der Waals surface area (Å²) in [6, 6.07) is 12.4. The largest absolute Gasteiger partial charge is 0.536 e. The molecule has 3 nitrogen and oxygen atoms in total. The molecule has 0 atom stereocenters. The molecule has 0 spiro atoms. The van der Waals surface area contributed by atoms with E-state index in [-0.39, 0.29) is 6.10 Å². The molecule has 0 aliphatic heterocycles. The van der Waals surface area contributed by atoms with Crippen molar-refractivity contribution in [1.82, 2.24) is 0 Å². The highest BCUT2D eigenvalue weighted by Gasteiger charge is 2.42. The summed E-state index contributed by atoms with van der Waals surface area (Å²) < 4.78 is 54.9. The van der Waals surface area contributed by atoms with Gasteiger partial charge in [-0.15, -0.1) is 0 Å². The Hall–Kier alpha value is -1.67. The fourth-order valence-corrected chi connectivity index (χ4v) is 4.67. The third-order valence-electron chi connectivity index (χ3n) is 3.71. The highest BCUT2D eigenvalue weighted by Crippen LogP contribution is 2.30. The Kier molecular flexibility index (Phi) is 6.05. The number of alkyl halides is 3. The number of hydrogen-bond donors (Lipinski definition) is 0. The van der Waals surface area contributed by atoms with Gasteiger partial charge < -0.3 is 13.3 Å².